The Hall–Kier alpha value is -1.09. The molecule has 1 aromatic rings. The molecule has 1 rings (SSSR count). The number of nitrogens with one attached hydrogen (secondary N) is 2. The minimum atomic E-state index is 0.509. The molecule has 2 N–H and O–H groups in total. The molecule has 0 bridgehead atoms. The zero-order valence-electron chi connectivity index (χ0n) is 13.8. The fourth-order valence-electron chi connectivity index (χ4n) is 2.17. The predicted molar refractivity (Wildman–Crippen MR) is 88.2 cm³/mol. The molecule has 3 nitrogen and oxygen atoms in total. The summed E-state index contributed by atoms with van der Waals surface area (Å²) in [5.41, 5.74) is 2.48. The number of pyridine rings is 1. The lowest BCUT2D eigenvalue weighted by molar-refractivity contribution is 0.518. The molecule has 3 heteroatoms. The fourth-order valence-corrected chi connectivity index (χ4v) is 2.17. The summed E-state index contributed by atoms with van der Waals surface area (Å²) in [6.07, 6.45) is 3.42. The molecule has 0 unspecified atom stereocenters. The maximum Gasteiger partial charge on any atom is 0.126 e. The number of anilines is 1. The molecule has 0 aliphatic rings. The first-order chi connectivity index (χ1) is 9.58. The molecule has 0 aliphatic carbocycles. The van der Waals surface area contributed by atoms with Crippen molar-refractivity contribution in [2.45, 2.75) is 66.5 Å². The summed E-state index contributed by atoms with van der Waals surface area (Å²) >= 11 is 0. The van der Waals surface area contributed by atoms with Gasteiger partial charge >= 0.3 is 0 Å². The highest BCUT2D eigenvalue weighted by molar-refractivity contribution is 5.40. The van der Waals surface area contributed by atoms with Crippen LogP contribution in [-0.2, 0) is 13.0 Å². The van der Waals surface area contributed by atoms with Crippen molar-refractivity contribution < 1.29 is 0 Å². The predicted octanol–water partition coefficient (Wildman–Crippen LogP) is 3.99. The fraction of sp³-hybridized carbons (Fsp3) is 0.706. The van der Waals surface area contributed by atoms with Crippen molar-refractivity contribution in [3.05, 3.63) is 23.4 Å². The van der Waals surface area contributed by atoms with Crippen LogP contribution in [0.25, 0.3) is 0 Å². The molecule has 0 radical (unpaired) electrons. The standard InChI is InChI=1S/C17H31N3/c1-6-14(7-2)11-19-17-10-15(12-18-13(4)5)9-16(8-3)20-17/h9-10,13-14,18H,6-8,11-12H2,1-5H3,(H,19,20). The molecule has 1 aromatic heterocycles. The largest absolute Gasteiger partial charge is 0.370 e. The summed E-state index contributed by atoms with van der Waals surface area (Å²) in [5, 5.41) is 6.98. The molecule has 1 heterocycles. The Bertz CT molecular complexity index is 384. The third-order valence-electron chi connectivity index (χ3n) is 3.74. The van der Waals surface area contributed by atoms with Gasteiger partial charge in [0.25, 0.3) is 0 Å². The summed E-state index contributed by atoms with van der Waals surface area (Å²) in [6, 6.07) is 4.89. The van der Waals surface area contributed by atoms with Gasteiger partial charge in [0.2, 0.25) is 0 Å². The lowest BCUT2D eigenvalue weighted by Crippen LogP contribution is -2.22. The van der Waals surface area contributed by atoms with Gasteiger partial charge in [0.1, 0.15) is 5.82 Å². The highest BCUT2D eigenvalue weighted by Gasteiger charge is 2.06. The van der Waals surface area contributed by atoms with E-state index in [1.54, 1.807) is 0 Å². The molecule has 0 fully saturated rings. The lowest BCUT2D eigenvalue weighted by atomic mass is 10.0. The van der Waals surface area contributed by atoms with Crippen LogP contribution in [0.5, 0.6) is 0 Å². The van der Waals surface area contributed by atoms with E-state index in [4.69, 9.17) is 0 Å². The van der Waals surface area contributed by atoms with E-state index in [-0.39, 0.29) is 0 Å². The quantitative estimate of drug-likeness (QED) is 0.716. The summed E-state index contributed by atoms with van der Waals surface area (Å²) in [7, 11) is 0. The van der Waals surface area contributed by atoms with E-state index in [0.717, 1.165) is 31.2 Å². The van der Waals surface area contributed by atoms with Crippen LogP contribution in [0, 0.1) is 5.92 Å². The summed E-state index contributed by atoms with van der Waals surface area (Å²) in [5.74, 6) is 1.76. The molecule has 0 atom stereocenters. The summed E-state index contributed by atoms with van der Waals surface area (Å²) in [4.78, 5) is 4.68. The lowest BCUT2D eigenvalue weighted by Gasteiger charge is -2.16. The van der Waals surface area contributed by atoms with Crippen LogP contribution < -0.4 is 10.6 Å². The molecule has 0 saturated carbocycles. The highest BCUT2D eigenvalue weighted by atomic mass is 15.0. The van der Waals surface area contributed by atoms with Gasteiger partial charge in [-0.15, -0.1) is 0 Å². The topological polar surface area (TPSA) is 37.0 Å². The van der Waals surface area contributed by atoms with Gasteiger partial charge in [-0.3, -0.25) is 0 Å². The van der Waals surface area contributed by atoms with Crippen molar-refractivity contribution in [1.29, 1.82) is 0 Å². The van der Waals surface area contributed by atoms with Crippen LogP contribution in [0.4, 0.5) is 5.82 Å². The monoisotopic (exact) mass is 277 g/mol. The maximum atomic E-state index is 4.68. The Labute approximate surface area is 124 Å². The van der Waals surface area contributed by atoms with E-state index >= 15 is 0 Å². The first-order valence-electron chi connectivity index (χ1n) is 8.06. The van der Waals surface area contributed by atoms with Gasteiger partial charge in [0, 0.05) is 24.8 Å². The Morgan fingerprint density at radius 3 is 2.35 bits per heavy atom. The van der Waals surface area contributed by atoms with Crippen molar-refractivity contribution in [3.63, 3.8) is 0 Å². The Morgan fingerprint density at radius 1 is 1.10 bits per heavy atom. The van der Waals surface area contributed by atoms with Crippen molar-refractivity contribution in [1.82, 2.24) is 10.3 Å². The third kappa shape index (κ3) is 5.91. The van der Waals surface area contributed by atoms with E-state index in [2.05, 4.69) is 62.4 Å². The van der Waals surface area contributed by atoms with Crippen LogP contribution in [0.1, 0.15) is 58.7 Å². The highest BCUT2D eigenvalue weighted by Crippen LogP contribution is 2.14. The second-order valence-electron chi connectivity index (χ2n) is 5.80. The zero-order valence-corrected chi connectivity index (χ0v) is 13.8. The third-order valence-corrected chi connectivity index (χ3v) is 3.74. The first kappa shape index (κ1) is 17.0. The van der Waals surface area contributed by atoms with Crippen molar-refractivity contribution in [3.8, 4) is 0 Å². The van der Waals surface area contributed by atoms with Gasteiger partial charge in [-0.1, -0.05) is 47.5 Å². The van der Waals surface area contributed by atoms with Crippen molar-refractivity contribution in [2.75, 3.05) is 11.9 Å². The van der Waals surface area contributed by atoms with E-state index in [9.17, 15) is 0 Å². The second kappa shape index (κ2) is 8.96. The van der Waals surface area contributed by atoms with Crippen LogP contribution in [0.3, 0.4) is 0 Å². The SMILES string of the molecule is CCc1cc(CNC(C)C)cc(NCC(CC)CC)n1. The Morgan fingerprint density at radius 2 is 1.80 bits per heavy atom. The number of rotatable bonds is 9. The molecule has 20 heavy (non-hydrogen) atoms. The van der Waals surface area contributed by atoms with Gasteiger partial charge < -0.3 is 10.6 Å². The first-order valence-corrected chi connectivity index (χ1v) is 8.06. The van der Waals surface area contributed by atoms with Gasteiger partial charge in [0.05, 0.1) is 0 Å². The molecule has 0 saturated heterocycles. The van der Waals surface area contributed by atoms with Crippen LogP contribution in [-0.4, -0.2) is 17.6 Å². The minimum Gasteiger partial charge on any atom is -0.370 e. The number of nitrogens with zero attached hydrogens (tertiary/aromatic N) is 1. The smallest absolute Gasteiger partial charge is 0.126 e. The molecule has 0 aliphatic heterocycles. The van der Waals surface area contributed by atoms with Gasteiger partial charge in [0.15, 0.2) is 0 Å². The Balaban J connectivity index is 2.71. The number of aryl methyl sites for hydroxylation is 1. The van der Waals surface area contributed by atoms with Gasteiger partial charge in [-0.2, -0.15) is 0 Å². The zero-order chi connectivity index (χ0) is 15.0. The van der Waals surface area contributed by atoms with E-state index < -0.39 is 0 Å². The van der Waals surface area contributed by atoms with E-state index in [1.165, 1.54) is 24.1 Å². The average molecular weight is 277 g/mol. The number of hydrogen-bond acceptors (Lipinski definition) is 3. The van der Waals surface area contributed by atoms with Crippen molar-refractivity contribution in [2.24, 2.45) is 5.92 Å². The van der Waals surface area contributed by atoms with Crippen LogP contribution >= 0.6 is 0 Å². The van der Waals surface area contributed by atoms with E-state index in [0.29, 0.717) is 6.04 Å². The molecule has 0 aromatic carbocycles. The van der Waals surface area contributed by atoms with Crippen molar-refractivity contribution >= 4 is 5.82 Å². The number of hydrogen-bond donors (Lipinski definition) is 2. The summed E-state index contributed by atoms with van der Waals surface area (Å²) in [6.45, 7) is 12.9. The minimum absolute atomic E-state index is 0.509. The molecule has 0 spiro atoms. The van der Waals surface area contributed by atoms with Crippen LogP contribution in [0.15, 0.2) is 12.1 Å². The molecule has 114 valence electrons. The van der Waals surface area contributed by atoms with Gasteiger partial charge in [-0.05, 0) is 30.0 Å². The van der Waals surface area contributed by atoms with Crippen LogP contribution in [0.2, 0.25) is 0 Å². The molecular weight excluding hydrogens is 246 g/mol. The Kier molecular flexibility index (Phi) is 7.60. The summed E-state index contributed by atoms with van der Waals surface area (Å²) < 4.78 is 0. The maximum absolute atomic E-state index is 4.68. The number of aromatic nitrogens is 1. The molecule has 0 amide bonds. The normalized spacial score (nSPS) is 11.3. The average Bonchev–Trinajstić information content (AvgIpc) is 2.46. The van der Waals surface area contributed by atoms with Gasteiger partial charge in [-0.25, -0.2) is 4.98 Å². The molecular formula is C17H31N3. The second-order valence-corrected chi connectivity index (χ2v) is 5.80. The van der Waals surface area contributed by atoms with E-state index in [1.807, 2.05) is 0 Å².